The molecule has 0 heterocycles. The van der Waals surface area contributed by atoms with Crippen molar-refractivity contribution >= 4 is 0 Å². The molecule has 0 fully saturated rings. The summed E-state index contributed by atoms with van der Waals surface area (Å²) >= 11 is 0. The predicted octanol–water partition coefficient (Wildman–Crippen LogP) is 3.93. The van der Waals surface area contributed by atoms with E-state index in [1.165, 1.54) is 32.1 Å². The minimum Gasteiger partial charge on any atom is -0.103 e. The van der Waals surface area contributed by atoms with E-state index in [0.29, 0.717) is 0 Å². The molecule has 0 rings (SSSR count). The first-order valence-electron chi connectivity index (χ1n) is 4.98. The van der Waals surface area contributed by atoms with E-state index in [9.17, 15) is 0 Å². The van der Waals surface area contributed by atoms with E-state index in [0.717, 1.165) is 12.8 Å². The number of hydrogen-bond acceptors (Lipinski definition) is 0. The van der Waals surface area contributed by atoms with Crippen molar-refractivity contribution in [1.82, 2.24) is 0 Å². The van der Waals surface area contributed by atoms with Crippen molar-refractivity contribution in [3.8, 4) is 11.8 Å². The van der Waals surface area contributed by atoms with Crippen molar-refractivity contribution in [1.29, 1.82) is 0 Å². The zero-order chi connectivity index (χ0) is 9.07. The Bertz CT molecular complexity index is 145. The summed E-state index contributed by atoms with van der Waals surface area (Å²) in [6, 6.07) is 0. The molecule has 0 aromatic heterocycles. The quantitative estimate of drug-likeness (QED) is 0.317. The van der Waals surface area contributed by atoms with Crippen LogP contribution in [0.2, 0.25) is 0 Å². The van der Waals surface area contributed by atoms with Crippen LogP contribution in [0, 0.1) is 11.8 Å². The Morgan fingerprint density at radius 1 is 1.08 bits per heavy atom. The molecule has 0 spiro atoms. The Morgan fingerprint density at radius 3 is 2.50 bits per heavy atom. The van der Waals surface area contributed by atoms with Crippen LogP contribution in [-0.2, 0) is 0 Å². The molecule has 0 nitrogen and oxygen atoms in total. The molecule has 0 aliphatic rings. The van der Waals surface area contributed by atoms with Crippen LogP contribution in [0.4, 0.5) is 0 Å². The van der Waals surface area contributed by atoms with Crippen molar-refractivity contribution in [2.24, 2.45) is 0 Å². The number of unbranched alkanes of at least 4 members (excludes halogenated alkanes) is 5. The van der Waals surface area contributed by atoms with E-state index in [4.69, 9.17) is 0 Å². The Morgan fingerprint density at radius 2 is 1.83 bits per heavy atom. The first-order valence-corrected chi connectivity index (χ1v) is 4.98. The largest absolute Gasteiger partial charge is 0.103 e. The highest BCUT2D eigenvalue weighted by Gasteiger charge is 1.85. The van der Waals surface area contributed by atoms with Crippen LogP contribution in [0.15, 0.2) is 12.7 Å². The summed E-state index contributed by atoms with van der Waals surface area (Å²) in [4.78, 5) is 0. The van der Waals surface area contributed by atoms with Gasteiger partial charge in [-0.1, -0.05) is 44.6 Å². The highest BCUT2D eigenvalue weighted by atomic mass is 13.9. The standard InChI is InChI=1S/C12H20/c1-3-5-7-9-11-12-10-8-6-4-2/h3H,1,4-6,8,10-12H2,2H3. The highest BCUT2D eigenvalue weighted by Crippen LogP contribution is 2.03. The zero-order valence-electron chi connectivity index (χ0n) is 8.23. The molecule has 0 aliphatic carbocycles. The van der Waals surface area contributed by atoms with Gasteiger partial charge in [-0.05, 0) is 6.42 Å². The lowest BCUT2D eigenvalue weighted by Crippen LogP contribution is -1.75. The number of rotatable bonds is 6. The van der Waals surface area contributed by atoms with Crippen molar-refractivity contribution in [2.45, 2.75) is 51.9 Å². The second kappa shape index (κ2) is 10.3. The molecule has 0 aliphatic heterocycles. The van der Waals surface area contributed by atoms with Gasteiger partial charge in [0.1, 0.15) is 0 Å². The molecule has 0 saturated carbocycles. The van der Waals surface area contributed by atoms with Crippen LogP contribution in [0.5, 0.6) is 0 Å². The monoisotopic (exact) mass is 164 g/mol. The average Bonchev–Trinajstić information content (AvgIpc) is 2.10. The molecule has 0 amide bonds. The molecule has 0 unspecified atom stereocenters. The first kappa shape index (κ1) is 11.3. The topological polar surface area (TPSA) is 0 Å². The lowest BCUT2D eigenvalue weighted by atomic mass is 10.1. The molecule has 0 heteroatoms. The van der Waals surface area contributed by atoms with Gasteiger partial charge in [-0.3, -0.25) is 0 Å². The third kappa shape index (κ3) is 9.30. The van der Waals surface area contributed by atoms with Gasteiger partial charge < -0.3 is 0 Å². The summed E-state index contributed by atoms with van der Waals surface area (Å²) in [6.45, 7) is 5.86. The fraction of sp³-hybridized carbons (Fsp3) is 0.667. The summed E-state index contributed by atoms with van der Waals surface area (Å²) in [7, 11) is 0. The van der Waals surface area contributed by atoms with E-state index in [2.05, 4.69) is 25.3 Å². The second-order valence-corrected chi connectivity index (χ2v) is 3.01. The molecule has 0 aromatic carbocycles. The van der Waals surface area contributed by atoms with Gasteiger partial charge >= 0.3 is 0 Å². The van der Waals surface area contributed by atoms with Crippen molar-refractivity contribution in [3.63, 3.8) is 0 Å². The highest BCUT2D eigenvalue weighted by molar-refractivity contribution is 5.02. The molecular formula is C12H20. The Hall–Kier alpha value is -0.700. The van der Waals surface area contributed by atoms with Crippen LogP contribution in [-0.4, -0.2) is 0 Å². The van der Waals surface area contributed by atoms with E-state index in [1.807, 2.05) is 6.08 Å². The summed E-state index contributed by atoms with van der Waals surface area (Å²) in [5.41, 5.74) is 0. The number of allylic oxidation sites excluding steroid dienone is 1. The number of hydrogen-bond donors (Lipinski definition) is 0. The van der Waals surface area contributed by atoms with Gasteiger partial charge in [0.15, 0.2) is 0 Å². The Balaban J connectivity index is 3.01. The van der Waals surface area contributed by atoms with Crippen LogP contribution in [0.25, 0.3) is 0 Å². The van der Waals surface area contributed by atoms with E-state index >= 15 is 0 Å². The molecular weight excluding hydrogens is 144 g/mol. The van der Waals surface area contributed by atoms with Crippen LogP contribution in [0.3, 0.4) is 0 Å². The van der Waals surface area contributed by atoms with Crippen LogP contribution >= 0.6 is 0 Å². The van der Waals surface area contributed by atoms with Gasteiger partial charge in [0.05, 0.1) is 0 Å². The molecule has 0 aromatic rings. The molecule has 0 atom stereocenters. The summed E-state index contributed by atoms with van der Waals surface area (Å²) in [5, 5.41) is 0. The molecule has 68 valence electrons. The third-order valence-corrected chi connectivity index (χ3v) is 1.78. The van der Waals surface area contributed by atoms with Gasteiger partial charge in [0.25, 0.3) is 0 Å². The van der Waals surface area contributed by atoms with Gasteiger partial charge in [0.2, 0.25) is 0 Å². The maximum Gasteiger partial charge on any atom is 0.0267 e. The van der Waals surface area contributed by atoms with E-state index in [1.54, 1.807) is 0 Å². The zero-order valence-corrected chi connectivity index (χ0v) is 8.23. The Labute approximate surface area is 77.1 Å². The van der Waals surface area contributed by atoms with Gasteiger partial charge in [-0.15, -0.1) is 12.5 Å². The predicted molar refractivity (Wildman–Crippen MR) is 56.0 cm³/mol. The van der Waals surface area contributed by atoms with Crippen molar-refractivity contribution in [2.75, 3.05) is 0 Å². The SMILES string of the molecule is C=CCC#CCCCCCCC. The summed E-state index contributed by atoms with van der Waals surface area (Å²) in [5.74, 6) is 6.20. The second-order valence-electron chi connectivity index (χ2n) is 3.01. The minimum atomic E-state index is 0.842. The van der Waals surface area contributed by atoms with Crippen molar-refractivity contribution < 1.29 is 0 Å². The lowest BCUT2D eigenvalue weighted by molar-refractivity contribution is 0.641. The van der Waals surface area contributed by atoms with Gasteiger partial charge in [0, 0.05) is 12.8 Å². The third-order valence-electron chi connectivity index (χ3n) is 1.78. The smallest absolute Gasteiger partial charge is 0.0267 e. The van der Waals surface area contributed by atoms with E-state index in [-0.39, 0.29) is 0 Å². The maximum absolute atomic E-state index is 3.62. The van der Waals surface area contributed by atoms with Crippen LogP contribution in [0.1, 0.15) is 51.9 Å². The fourth-order valence-corrected chi connectivity index (χ4v) is 1.05. The summed E-state index contributed by atoms with van der Waals surface area (Å²) in [6.07, 6.45) is 10.4. The Kier molecular flexibility index (Phi) is 9.70. The lowest BCUT2D eigenvalue weighted by Gasteiger charge is -1.94. The van der Waals surface area contributed by atoms with Gasteiger partial charge in [-0.25, -0.2) is 0 Å². The van der Waals surface area contributed by atoms with Crippen LogP contribution < -0.4 is 0 Å². The maximum atomic E-state index is 3.62. The first-order chi connectivity index (χ1) is 5.91. The molecule has 0 saturated heterocycles. The molecule has 12 heavy (non-hydrogen) atoms. The fourth-order valence-electron chi connectivity index (χ4n) is 1.05. The minimum absolute atomic E-state index is 0.842. The van der Waals surface area contributed by atoms with Crippen molar-refractivity contribution in [3.05, 3.63) is 12.7 Å². The normalized spacial score (nSPS) is 8.75. The molecule has 0 radical (unpaired) electrons. The summed E-state index contributed by atoms with van der Waals surface area (Å²) < 4.78 is 0. The molecule has 0 N–H and O–H groups in total. The van der Waals surface area contributed by atoms with E-state index < -0.39 is 0 Å². The van der Waals surface area contributed by atoms with Gasteiger partial charge in [-0.2, -0.15) is 0 Å². The average molecular weight is 164 g/mol. The molecule has 0 bridgehead atoms.